The van der Waals surface area contributed by atoms with Crippen LogP contribution in [-0.4, -0.2) is 20.3 Å². The summed E-state index contributed by atoms with van der Waals surface area (Å²) in [6.07, 6.45) is 13.3. The Kier molecular flexibility index (Phi) is 7.73. The lowest BCUT2D eigenvalue weighted by molar-refractivity contribution is 0.281. The highest BCUT2D eigenvalue weighted by Gasteiger charge is 2.30. The van der Waals surface area contributed by atoms with Gasteiger partial charge < -0.3 is 9.88 Å². The molecule has 1 aliphatic rings. The summed E-state index contributed by atoms with van der Waals surface area (Å²) in [5.41, 5.74) is 0.138. The van der Waals surface area contributed by atoms with Gasteiger partial charge in [-0.15, -0.1) is 10.2 Å². The van der Waals surface area contributed by atoms with Crippen molar-refractivity contribution in [3.8, 4) is 0 Å². The van der Waals surface area contributed by atoms with E-state index in [1.807, 2.05) is 0 Å². The number of fused-ring (bicyclic) bond motifs is 1. The Morgan fingerprint density at radius 2 is 1.58 bits per heavy atom. The van der Waals surface area contributed by atoms with E-state index in [-0.39, 0.29) is 5.54 Å². The number of unbranched alkanes of at least 4 members (excludes halogenated alkanes) is 6. The molecule has 1 aromatic rings. The van der Waals surface area contributed by atoms with Crippen LogP contribution in [0.4, 0.5) is 0 Å². The summed E-state index contributed by atoms with van der Waals surface area (Å²) in [5, 5.41) is 12.7. The summed E-state index contributed by atoms with van der Waals surface area (Å²) in [4.78, 5) is 0. The van der Waals surface area contributed by atoms with Crippen LogP contribution in [0.5, 0.6) is 0 Å². The van der Waals surface area contributed by atoms with Crippen molar-refractivity contribution < 1.29 is 0 Å². The molecule has 0 amide bonds. The van der Waals surface area contributed by atoms with Crippen molar-refractivity contribution in [3.05, 3.63) is 11.6 Å². The van der Waals surface area contributed by atoms with Crippen LogP contribution in [0.2, 0.25) is 0 Å². The Morgan fingerprint density at radius 1 is 0.958 bits per heavy atom. The first-order chi connectivity index (χ1) is 11.6. The standard InChI is InChI=1S/C20H38N4/c1-5-7-9-11-13-17(14-12-10-8-6-2)19-23-22-18-15-21-20(3,4)16-24(18)19/h17,21H,5-16H2,1-4H3. The van der Waals surface area contributed by atoms with Crippen molar-refractivity contribution in [2.45, 2.75) is 116 Å². The lowest BCUT2D eigenvalue weighted by atomic mass is 9.93. The molecular formula is C20H38N4. The summed E-state index contributed by atoms with van der Waals surface area (Å²) >= 11 is 0. The van der Waals surface area contributed by atoms with Crippen LogP contribution < -0.4 is 5.32 Å². The van der Waals surface area contributed by atoms with Gasteiger partial charge in [0.2, 0.25) is 0 Å². The van der Waals surface area contributed by atoms with Crippen molar-refractivity contribution in [2.75, 3.05) is 0 Å². The quantitative estimate of drug-likeness (QED) is 0.567. The maximum Gasteiger partial charge on any atom is 0.147 e. The number of aromatic nitrogens is 3. The summed E-state index contributed by atoms with van der Waals surface area (Å²) in [6.45, 7) is 11.0. The molecule has 4 heteroatoms. The average Bonchev–Trinajstić information content (AvgIpc) is 2.95. The molecular weight excluding hydrogens is 296 g/mol. The summed E-state index contributed by atoms with van der Waals surface area (Å²) < 4.78 is 2.42. The number of nitrogens with zero attached hydrogens (tertiary/aromatic N) is 3. The highest BCUT2D eigenvalue weighted by molar-refractivity contribution is 5.07. The Morgan fingerprint density at radius 3 is 2.17 bits per heavy atom. The zero-order valence-corrected chi connectivity index (χ0v) is 16.4. The zero-order valence-electron chi connectivity index (χ0n) is 16.4. The molecule has 24 heavy (non-hydrogen) atoms. The molecule has 1 N–H and O–H groups in total. The van der Waals surface area contributed by atoms with E-state index in [1.54, 1.807) is 0 Å². The van der Waals surface area contributed by atoms with Gasteiger partial charge >= 0.3 is 0 Å². The molecule has 1 aliphatic heterocycles. The second kappa shape index (κ2) is 9.55. The summed E-state index contributed by atoms with van der Waals surface area (Å²) in [5.74, 6) is 2.97. The van der Waals surface area contributed by atoms with Crippen LogP contribution in [0.1, 0.15) is 109 Å². The molecule has 0 saturated carbocycles. The molecule has 0 unspecified atom stereocenters. The lowest BCUT2D eigenvalue weighted by Crippen LogP contribution is -2.47. The molecule has 2 heterocycles. The number of hydrogen-bond acceptors (Lipinski definition) is 3. The van der Waals surface area contributed by atoms with E-state index in [0.717, 1.165) is 18.9 Å². The van der Waals surface area contributed by atoms with E-state index in [0.29, 0.717) is 5.92 Å². The lowest BCUT2D eigenvalue weighted by Gasteiger charge is -2.33. The average molecular weight is 335 g/mol. The molecule has 4 nitrogen and oxygen atoms in total. The first kappa shape index (κ1) is 19.4. The van der Waals surface area contributed by atoms with Crippen molar-refractivity contribution in [3.63, 3.8) is 0 Å². The summed E-state index contributed by atoms with van der Waals surface area (Å²) in [6, 6.07) is 0. The number of hydrogen-bond donors (Lipinski definition) is 1. The third-order valence-electron chi connectivity index (χ3n) is 5.31. The van der Waals surface area contributed by atoms with Gasteiger partial charge in [0.25, 0.3) is 0 Å². The van der Waals surface area contributed by atoms with Crippen molar-refractivity contribution in [1.82, 2.24) is 20.1 Å². The highest BCUT2D eigenvalue weighted by Crippen LogP contribution is 2.30. The van der Waals surface area contributed by atoms with Gasteiger partial charge in [-0.25, -0.2) is 0 Å². The van der Waals surface area contributed by atoms with Crippen molar-refractivity contribution in [2.24, 2.45) is 0 Å². The maximum absolute atomic E-state index is 4.63. The molecule has 0 bridgehead atoms. The first-order valence-electron chi connectivity index (χ1n) is 10.2. The second-order valence-electron chi connectivity index (χ2n) is 8.19. The molecule has 1 aromatic heterocycles. The van der Waals surface area contributed by atoms with E-state index in [2.05, 4.69) is 47.8 Å². The van der Waals surface area contributed by atoms with Crippen LogP contribution in [0.25, 0.3) is 0 Å². The van der Waals surface area contributed by atoms with Crippen LogP contribution in [-0.2, 0) is 13.1 Å². The molecule has 0 fully saturated rings. The van der Waals surface area contributed by atoms with E-state index in [4.69, 9.17) is 0 Å². The zero-order chi connectivity index (χ0) is 17.4. The van der Waals surface area contributed by atoms with Gasteiger partial charge in [0.05, 0.1) is 6.54 Å². The predicted octanol–water partition coefficient (Wildman–Crippen LogP) is 5.18. The van der Waals surface area contributed by atoms with Crippen molar-refractivity contribution in [1.29, 1.82) is 0 Å². The van der Waals surface area contributed by atoms with Crippen LogP contribution in [0.15, 0.2) is 0 Å². The predicted molar refractivity (Wildman–Crippen MR) is 101 cm³/mol. The Balaban J connectivity index is 2.03. The molecule has 0 aromatic carbocycles. The first-order valence-corrected chi connectivity index (χ1v) is 10.2. The van der Waals surface area contributed by atoms with E-state index in [9.17, 15) is 0 Å². The summed E-state index contributed by atoms with van der Waals surface area (Å²) in [7, 11) is 0. The van der Waals surface area contributed by atoms with Crippen LogP contribution >= 0.6 is 0 Å². The smallest absolute Gasteiger partial charge is 0.147 e. The topological polar surface area (TPSA) is 42.7 Å². The second-order valence-corrected chi connectivity index (χ2v) is 8.19. The van der Waals surface area contributed by atoms with Gasteiger partial charge in [0.15, 0.2) is 0 Å². The van der Waals surface area contributed by atoms with Gasteiger partial charge in [0, 0.05) is 18.0 Å². The Bertz CT molecular complexity index is 466. The molecule has 0 saturated heterocycles. The maximum atomic E-state index is 4.63. The fraction of sp³-hybridized carbons (Fsp3) is 0.900. The third kappa shape index (κ3) is 5.58. The minimum Gasteiger partial charge on any atom is -0.312 e. The van der Waals surface area contributed by atoms with Gasteiger partial charge in [-0.2, -0.15) is 0 Å². The number of rotatable bonds is 11. The van der Waals surface area contributed by atoms with Crippen molar-refractivity contribution >= 4 is 0 Å². The van der Waals surface area contributed by atoms with E-state index >= 15 is 0 Å². The molecule has 0 spiro atoms. The van der Waals surface area contributed by atoms with Crippen LogP contribution in [0, 0.1) is 0 Å². The largest absolute Gasteiger partial charge is 0.312 e. The van der Waals surface area contributed by atoms with Gasteiger partial charge in [-0.3, -0.25) is 0 Å². The fourth-order valence-corrected chi connectivity index (χ4v) is 3.76. The number of nitrogens with one attached hydrogen (secondary N) is 1. The highest BCUT2D eigenvalue weighted by atomic mass is 15.3. The van der Waals surface area contributed by atoms with E-state index < -0.39 is 0 Å². The molecule has 0 radical (unpaired) electrons. The van der Waals surface area contributed by atoms with Gasteiger partial charge in [0.1, 0.15) is 11.6 Å². The minimum absolute atomic E-state index is 0.138. The Labute approximate surface area is 148 Å². The molecule has 0 atom stereocenters. The molecule has 2 rings (SSSR count). The van der Waals surface area contributed by atoms with E-state index in [1.165, 1.54) is 70.0 Å². The normalized spacial score (nSPS) is 16.5. The molecule has 138 valence electrons. The molecule has 0 aliphatic carbocycles. The van der Waals surface area contributed by atoms with Gasteiger partial charge in [-0.05, 0) is 26.7 Å². The minimum atomic E-state index is 0.138. The SMILES string of the molecule is CCCCCCC(CCCCCC)c1nnc2n1CC(C)(C)NC2. The Hall–Kier alpha value is -0.900. The van der Waals surface area contributed by atoms with Gasteiger partial charge in [-0.1, -0.05) is 65.2 Å². The van der Waals surface area contributed by atoms with Crippen LogP contribution in [0.3, 0.4) is 0 Å². The fourth-order valence-electron chi connectivity index (χ4n) is 3.76. The monoisotopic (exact) mass is 334 g/mol. The third-order valence-corrected chi connectivity index (χ3v) is 5.31.